The van der Waals surface area contributed by atoms with Crippen molar-refractivity contribution in [3.63, 3.8) is 0 Å². The number of piperidine rings is 1. The van der Waals surface area contributed by atoms with Gasteiger partial charge in [-0.2, -0.15) is 0 Å². The van der Waals surface area contributed by atoms with Gasteiger partial charge in [-0.05, 0) is 31.5 Å². The minimum absolute atomic E-state index is 0.0646. The van der Waals surface area contributed by atoms with E-state index in [1.165, 1.54) is 0 Å². The second-order valence-electron chi connectivity index (χ2n) is 5.99. The van der Waals surface area contributed by atoms with Crippen molar-refractivity contribution in [1.82, 2.24) is 19.7 Å². The molecule has 1 atom stereocenters. The van der Waals surface area contributed by atoms with E-state index in [2.05, 4.69) is 15.1 Å². The van der Waals surface area contributed by atoms with Crippen LogP contribution in [0.2, 0.25) is 0 Å². The van der Waals surface area contributed by atoms with Crippen LogP contribution in [-0.2, 0) is 13.7 Å². The van der Waals surface area contributed by atoms with E-state index in [4.69, 9.17) is 4.74 Å². The van der Waals surface area contributed by atoms with E-state index in [-0.39, 0.29) is 6.61 Å². The summed E-state index contributed by atoms with van der Waals surface area (Å²) in [6, 6.07) is 9.92. The fourth-order valence-electron chi connectivity index (χ4n) is 3.15. The molecule has 6 nitrogen and oxygen atoms in total. The molecule has 1 aromatic heterocycles. The number of nitrogens with zero attached hydrogens (tertiary/aromatic N) is 4. The van der Waals surface area contributed by atoms with Crippen molar-refractivity contribution in [2.24, 2.45) is 7.05 Å². The van der Waals surface area contributed by atoms with Gasteiger partial charge in [0, 0.05) is 26.1 Å². The summed E-state index contributed by atoms with van der Waals surface area (Å²) < 4.78 is 7.71. The molecule has 0 bridgehead atoms. The highest BCUT2D eigenvalue weighted by Crippen LogP contribution is 2.25. The molecule has 0 aliphatic carbocycles. The SMILES string of the molecule is Cn1c(CO)nnc1[C@@H]1CCCN(CCOc2ccccc2)C1. The van der Waals surface area contributed by atoms with Crippen LogP contribution in [0.3, 0.4) is 0 Å². The van der Waals surface area contributed by atoms with E-state index in [1.807, 2.05) is 41.9 Å². The van der Waals surface area contributed by atoms with Gasteiger partial charge in [0.25, 0.3) is 0 Å². The zero-order chi connectivity index (χ0) is 16.1. The molecular weight excluding hydrogens is 292 g/mol. The standard InChI is InChI=1S/C17H24N4O2/c1-20-16(13-22)18-19-17(20)14-6-5-9-21(12-14)10-11-23-15-7-3-2-4-8-15/h2-4,7-8,14,22H,5-6,9-13H2,1H3/t14-/m1/s1. The van der Waals surface area contributed by atoms with Crippen LogP contribution in [0.1, 0.15) is 30.4 Å². The molecule has 0 saturated carbocycles. The Hall–Kier alpha value is -1.92. The second kappa shape index (κ2) is 7.57. The van der Waals surface area contributed by atoms with Crippen LogP contribution in [0.4, 0.5) is 0 Å². The van der Waals surface area contributed by atoms with E-state index >= 15 is 0 Å². The van der Waals surface area contributed by atoms with E-state index in [9.17, 15) is 5.11 Å². The Morgan fingerprint density at radius 3 is 2.83 bits per heavy atom. The van der Waals surface area contributed by atoms with Gasteiger partial charge in [-0.25, -0.2) is 0 Å². The Morgan fingerprint density at radius 2 is 2.09 bits per heavy atom. The number of ether oxygens (including phenoxy) is 1. The normalized spacial score (nSPS) is 19.0. The molecule has 6 heteroatoms. The molecule has 1 aliphatic rings. The summed E-state index contributed by atoms with van der Waals surface area (Å²) in [6.45, 7) is 3.60. The number of likely N-dealkylation sites (tertiary alicyclic amines) is 1. The third-order valence-electron chi connectivity index (χ3n) is 4.43. The molecule has 0 spiro atoms. The molecule has 0 radical (unpaired) electrons. The summed E-state index contributed by atoms with van der Waals surface area (Å²) in [7, 11) is 1.93. The molecule has 2 aromatic rings. The highest BCUT2D eigenvalue weighted by Gasteiger charge is 2.25. The lowest BCUT2D eigenvalue weighted by molar-refractivity contribution is 0.166. The molecule has 3 rings (SSSR count). The maximum Gasteiger partial charge on any atom is 0.158 e. The average molecular weight is 316 g/mol. The molecule has 1 fully saturated rings. The number of aromatic nitrogens is 3. The zero-order valence-electron chi connectivity index (χ0n) is 13.6. The van der Waals surface area contributed by atoms with Crippen LogP contribution in [0.25, 0.3) is 0 Å². The molecule has 1 saturated heterocycles. The predicted molar refractivity (Wildman–Crippen MR) is 87.3 cm³/mol. The molecule has 1 aromatic carbocycles. The molecule has 2 heterocycles. The number of rotatable bonds is 6. The third kappa shape index (κ3) is 3.89. The van der Waals surface area contributed by atoms with Crippen molar-refractivity contribution < 1.29 is 9.84 Å². The second-order valence-corrected chi connectivity index (χ2v) is 5.99. The first-order valence-electron chi connectivity index (χ1n) is 8.17. The largest absolute Gasteiger partial charge is 0.492 e. The number of para-hydroxylation sites is 1. The van der Waals surface area contributed by atoms with Crippen molar-refractivity contribution in [1.29, 1.82) is 0 Å². The fraction of sp³-hybridized carbons (Fsp3) is 0.529. The van der Waals surface area contributed by atoms with Crippen LogP contribution >= 0.6 is 0 Å². The van der Waals surface area contributed by atoms with Crippen LogP contribution in [0, 0.1) is 0 Å². The van der Waals surface area contributed by atoms with Gasteiger partial charge in [0.1, 0.15) is 24.8 Å². The quantitative estimate of drug-likeness (QED) is 0.876. The van der Waals surface area contributed by atoms with Crippen molar-refractivity contribution in [2.45, 2.75) is 25.4 Å². The van der Waals surface area contributed by atoms with Crippen molar-refractivity contribution in [3.05, 3.63) is 42.0 Å². The minimum Gasteiger partial charge on any atom is -0.492 e. The highest BCUT2D eigenvalue weighted by atomic mass is 16.5. The minimum atomic E-state index is -0.0646. The van der Waals surface area contributed by atoms with Gasteiger partial charge in [-0.15, -0.1) is 10.2 Å². The van der Waals surface area contributed by atoms with E-state index in [1.54, 1.807) is 0 Å². The highest BCUT2D eigenvalue weighted by molar-refractivity contribution is 5.20. The van der Waals surface area contributed by atoms with Gasteiger partial charge in [0.2, 0.25) is 0 Å². The van der Waals surface area contributed by atoms with Gasteiger partial charge < -0.3 is 14.4 Å². The Labute approximate surface area is 136 Å². The van der Waals surface area contributed by atoms with Crippen molar-refractivity contribution in [3.8, 4) is 5.75 Å². The topological polar surface area (TPSA) is 63.4 Å². The first-order valence-corrected chi connectivity index (χ1v) is 8.17. The molecule has 1 N–H and O–H groups in total. The predicted octanol–water partition coefficient (Wildman–Crippen LogP) is 1.57. The van der Waals surface area contributed by atoms with Crippen LogP contribution in [0.15, 0.2) is 30.3 Å². The summed E-state index contributed by atoms with van der Waals surface area (Å²) in [6.07, 6.45) is 2.27. The molecule has 0 unspecified atom stereocenters. The van der Waals surface area contributed by atoms with E-state index < -0.39 is 0 Å². The summed E-state index contributed by atoms with van der Waals surface area (Å²) in [5.74, 6) is 2.90. The van der Waals surface area contributed by atoms with Crippen LogP contribution < -0.4 is 4.74 Å². The van der Waals surface area contributed by atoms with Gasteiger partial charge in [0.15, 0.2) is 5.82 Å². The number of hydrogen-bond acceptors (Lipinski definition) is 5. The van der Waals surface area contributed by atoms with Gasteiger partial charge in [-0.3, -0.25) is 4.90 Å². The fourth-order valence-corrected chi connectivity index (χ4v) is 3.15. The molecule has 1 aliphatic heterocycles. The monoisotopic (exact) mass is 316 g/mol. The summed E-state index contributed by atoms with van der Waals surface area (Å²) in [5, 5.41) is 17.6. The molecular formula is C17H24N4O2. The maximum atomic E-state index is 9.26. The molecule has 23 heavy (non-hydrogen) atoms. The van der Waals surface area contributed by atoms with E-state index in [0.29, 0.717) is 18.3 Å². The number of benzene rings is 1. The molecule has 0 amide bonds. The zero-order valence-corrected chi connectivity index (χ0v) is 13.6. The number of aliphatic hydroxyl groups is 1. The Balaban J connectivity index is 1.53. The van der Waals surface area contributed by atoms with E-state index in [0.717, 1.165) is 44.0 Å². The lowest BCUT2D eigenvalue weighted by Gasteiger charge is -2.32. The van der Waals surface area contributed by atoms with Gasteiger partial charge >= 0.3 is 0 Å². The van der Waals surface area contributed by atoms with Crippen LogP contribution in [0.5, 0.6) is 5.75 Å². The van der Waals surface area contributed by atoms with Gasteiger partial charge in [-0.1, -0.05) is 18.2 Å². The first kappa shape index (κ1) is 16.0. The Bertz CT molecular complexity index is 614. The number of aliphatic hydroxyl groups excluding tert-OH is 1. The summed E-state index contributed by atoms with van der Waals surface area (Å²) >= 11 is 0. The lowest BCUT2D eigenvalue weighted by atomic mass is 9.97. The maximum absolute atomic E-state index is 9.26. The summed E-state index contributed by atoms with van der Waals surface area (Å²) in [4.78, 5) is 2.42. The van der Waals surface area contributed by atoms with Crippen LogP contribution in [-0.4, -0.2) is 51.0 Å². The van der Waals surface area contributed by atoms with Crippen molar-refractivity contribution >= 4 is 0 Å². The molecule has 124 valence electrons. The Morgan fingerprint density at radius 1 is 1.26 bits per heavy atom. The smallest absolute Gasteiger partial charge is 0.158 e. The summed E-state index contributed by atoms with van der Waals surface area (Å²) in [5.41, 5.74) is 0. The Kier molecular flexibility index (Phi) is 5.25. The average Bonchev–Trinajstić information content (AvgIpc) is 2.97. The third-order valence-corrected chi connectivity index (χ3v) is 4.43. The van der Waals surface area contributed by atoms with Gasteiger partial charge in [0.05, 0.1) is 0 Å². The number of hydrogen-bond donors (Lipinski definition) is 1. The first-order chi connectivity index (χ1) is 11.3. The van der Waals surface area contributed by atoms with Crippen molar-refractivity contribution in [2.75, 3.05) is 26.2 Å². The lowest BCUT2D eigenvalue weighted by Crippen LogP contribution is -2.37.